The van der Waals surface area contributed by atoms with Crippen LogP contribution in [0, 0.1) is 0 Å². The number of benzene rings is 2. The van der Waals surface area contributed by atoms with Gasteiger partial charge in [-0.3, -0.25) is 0 Å². The fourth-order valence-corrected chi connectivity index (χ4v) is 3.89. The molecule has 0 spiro atoms. The number of ether oxygens (including phenoxy) is 2. The molecule has 156 valence electrons. The summed E-state index contributed by atoms with van der Waals surface area (Å²) in [6.07, 6.45) is 0. The van der Waals surface area contributed by atoms with Gasteiger partial charge in [0, 0.05) is 25.9 Å². The highest BCUT2D eigenvalue weighted by Crippen LogP contribution is 2.37. The maximum atomic E-state index is 5.98. The van der Waals surface area contributed by atoms with Crippen molar-refractivity contribution in [3.8, 4) is 11.5 Å². The Labute approximate surface area is 189 Å². The predicted molar refractivity (Wildman–Crippen MR) is 113 cm³/mol. The summed E-state index contributed by atoms with van der Waals surface area (Å²) in [7, 11) is 3.49. The first-order valence-electron chi connectivity index (χ1n) is 8.76. The summed E-state index contributed by atoms with van der Waals surface area (Å²) in [6.45, 7) is 2.05. The van der Waals surface area contributed by atoms with Crippen LogP contribution in [0.5, 0.6) is 11.5 Å². The molecule has 0 aliphatic rings. The van der Waals surface area contributed by atoms with Crippen molar-refractivity contribution in [2.75, 3.05) is 19.4 Å². The van der Waals surface area contributed by atoms with Gasteiger partial charge in [-0.2, -0.15) is 0 Å². The lowest BCUT2D eigenvalue weighted by atomic mass is 10.2. The molecule has 1 aromatic heterocycles. The number of tetrazole rings is 1. The van der Waals surface area contributed by atoms with Crippen molar-refractivity contribution in [2.24, 2.45) is 7.05 Å². The molecule has 1 N–H and O–H groups in total. The Morgan fingerprint density at radius 2 is 1.97 bits per heavy atom. The minimum Gasteiger partial charge on any atom is -1.00 e. The van der Waals surface area contributed by atoms with Gasteiger partial charge in [0.25, 0.3) is 0 Å². The number of rotatable bonds is 10. The fourth-order valence-electron chi connectivity index (χ4n) is 2.54. The summed E-state index contributed by atoms with van der Waals surface area (Å²) >= 11 is 5.22. The van der Waals surface area contributed by atoms with Crippen molar-refractivity contribution in [2.45, 2.75) is 18.3 Å². The van der Waals surface area contributed by atoms with E-state index in [1.807, 2.05) is 43.4 Å². The minimum atomic E-state index is 0. The molecule has 3 aromatic rings. The Morgan fingerprint density at radius 3 is 2.66 bits per heavy atom. The van der Waals surface area contributed by atoms with Gasteiger partial charge < -0.3 is 27.2 Å². The van der Waals surface area contributed by atoms with Crippen LogP contribution in [-0.4, -0.2) is 39.6 Å². The molecule has 0 bridgehead atoms. The number of thioether (sulfide) groups is 1. The Hall–Kier alpha value is -1.81. The average molecular weight is 500 g/mol. The van der Waals surface area contributed by atoms with Crippen LogP contribution < -0.4 is 27.2 Å². The van der Waals surface area contributed by atoms with Gasteiger partial charge in [0.1, 0.15) is 6.61 Å². The zero-order chi connectivity index (χ0) is 19.8. The van der Waals surface area contributed by atoms with E-state index in [9.17, 15) is 0 Å². The summed E-state index contributed by atoms with van der Waals surface area (Å²) in [4.78, 5) is 0. The van der Waals surface area contributed by atoms with Crippen LogP contribution >= 0.6 is 27.7 Å². The van der Waals surface area contributed by atoms with Crippen molar-refractivity contribution >= 4 is 27.7 Å². The number of methoxy groups -OCH3 is 1. The van der Waals surface area contributed by atoms with Crippen LogP contribution in [0.15, 0.2) is 52.1 Å². The summed E-state index contributed by atoms with van der Waals surface area (Å²) in [5, 5.41) is 15.6. The molecule has 10 heteroatoms. The van der Waals surface area contributed by atoms with Crippen molar-refractivity contribution in [3.63, 3.8) is 0 Å². The van der Waals surface area contributed by atoms with E-state index in [-0.39, 0.29) is 12.4 Å². The Morgan fingerprint density at radius 1 is 1.17 bits per heavy atom. The largest absolute Gasteiger partial charge is 1.00 e. The molecular weight excluding hydrogens is 478 g/mol. The summed E-state index contributed by atoms with van der Waals surface area (Å²) < 4.78 is 14.1. The molecule has 0 saturated heterocycles. The Bertz CT molecular complexity index is 898. The van der Waals surface area contributed by atoms with Gasteiger partial charge in [0.15, 0.2) is 11.5 Å². The minimum absolute atomic E-state index is 0. The number of aromatic nitrogens is 4. The van der Waals surface area contributed by atoms with Crippen LogP contribution in [-0.2, 0) is 20.2 Å². The second-order valence-corrected chi connectivity index (χ2v) is 7.91. The quantitative estimate of drug-likeness (QED) is 0.321. The highest BCUT2D eigenvalue weighted by atomic mass is 79.9. The van der Waals surface area contributed by atoms with Gasteiger partial charge in [-0.15, -0.1) is 5.10 Å². The lowest BCUT2D eigenvalue weighted by Crippen LogP contribution is -3.00. The fraction of sp³-hybridized carbons (Fsp3) is 0.316. The smallest absolute Gasteiger partial charge is 0.209 e. The van der Waals surface area contributed by atoms with E-state index in [1.54, 1.807) is 23.6 Å². The van der Waals surface area contributed by atoms with Gasteiger partial charge in [0.2, 0.25) is 5.16 Å². The maximum absolute atomic E-state index is 5.98. The van der Waals surface area contributed by atoms with E-state index < -0.39 is 0 Å². The van der Waals surface area contributed by atoms with Gasteiger partial charge in [-0.05, 0) is 49.6 Å². The molecular formula is C19H22BrClN5O2S-. The summed E-state index contributed by atoms with van der Waals surface area (Å²) in [5.41, 5.74) is 2.22. The molecule has 29 heavy (non-hydrogen) atoms. The topological polar surface area (TPSA) is 74.1 Å². The van der Waals surface area contributed by atoms with Crippen LogP contribution in [0.2, 0.25) is 0 Å². The number of nitrogens with one attached hydrogen (secondary N) is 1. The third kappa shape index (κ3) is 6.88. The molecule has 2 aromatic carbocycles. The molecule has 0 atom stereocenters. The zero-order valence-electron chi connectivity index (χ0n) is 16.1. The number of hydrogen-bond donors (Lipinski definition) is 1. The Kier molecular flexibility index (Phi) is 9.72. The molecule has 0 radical (unpaired) electrons. The van der Waals surface area contributed by atoms with Gasteiger partial charge in [-0.25, -0.2) is 4.68 Å². The van der Waals surface area contributed by atoms with Crippen LogP contribution in [0.3, 0.4) is 0 Å². The number of hydrogen-bond acceptors (Lipinski definition) is 7. The van der Waals surface area contributed by atoms with Gasteiger partial charge in [0.05, 0.1) is 11.6 Å². The number of aryl methyl sites for hydroxylation is 1. The maximum Gasteiger partial charge on any atom is 0.209 e. The monoisotopic (exact) mass is 498 g/mol. The Balaban J connectivity index is 0.00000300. The third-order valence-corrected chi connectivity index (χ3v) is 5.54. The molecule has 0 aliphatic heterocycles. The summed E-state index contributed by atoms with van der Waals surface area (Å²) in [5.74, 6) is 2.30. The van der Waals surface area contributed by atoms with E-state index >= 15 is 0 Å². The normalized spacial score (nSPS) is 10.4. The van der Waals surface area contributed by atoms with Crippen LogP contribution in [0.25, 0.3) is 0 Å². The van der Waals surface area contributed by atoms with Crippen molar-refractivity contribution in [1.29, 1.82) is 0 Å². The molecule has 7 nitrogen and oxygen atoms in total. The van der Waals surface area contributed by atoms with E-state index in [0.717, 1.165) is 39.6 Å². The molecule has 0 fully saturated rings. The lowest BCUT2D eigenvalue weighted by molar-refractivity contribution is -0.00000635. The number of halogens is 2. The summed E-state index contributed by atoms with van der Waals surface area (Å²) in [6, 6.07) is 14.1. The zero-order valence-corrected chi connectivity index (χ0v) is 19.3. The molecule has 0 amide bonds. The molecule has 0 unspecified atom stereocenters. The van der Waals surface area contributed by atoms with Crippen molar-refractivity contribution < 1.29 is 21.9 Å². The second-order valence-electron chi connectivity index (χ2n) is 5.99. The average Bonchev–Trinajstić information content (AvgIpc) is 3.12. The lowest BCUT2D eigenvalue weighted by Gasteiger charge is -2.15. The SMILES string of the molecule is COc1cc(CNCCSc2nnnn2C)cc(Br)c1OCc1ccccc1.[Cl-]. The van der Waals surface area contributed by atoms with E-state index in [0.29, 0.717) is 18.1 Å². The van der Waals surface area contributed by atoms with Crippen molar-refractivity contribution in [3.05, 3.63) is 58.1 Å². The molecule has 0 saturated carbocycles. The second kappa shape index (κ2) is 12.0. The highest BCUT2D eigenvalue weighted by Gasteiger charge is 2.12. The molecule has 0 aliphatic carbocycles. The first-order chi connectivity index (χ1) is 13.7. The third-order valence-electron chi connectivity index (χ3n) is 3.94. The van der Waals surface area contributed by atoms with Crippen LogP contribution in [0.1, 0.15) is 11.1 Å². The highest BCUT2D eigenvalue weighted by molar-refractivity contribution is 9.10. The van der Waals surface area contributed by atoms with Crippen molar-refractivity contribution in [1.82, 2.24) is 25.5 Å². The van der Waals surface area contributed by atoms with Gasteiger partial charge >= 0.3 is 0 Å². The first-order valence-corrected chi connectivity index (χ1v) is 10.5. The molecule has 3 rings (SSSR count). The first kappa shape index (κ1) is 23.5. The standard InChI is InChI=1S/C19H22BrN5O2S.ClH/c1-25-19(22-23-24-25)28-9-8-21-12-15-10-16(20)18(17(11-15)26-2)27-13-14-6-4-3-5-7-14;/h3-7,10-11,21H,8-9,12-13H2,1-2H3;1H/p-1. The molecule has 1 heterocycles. The predicted octanol–water partition coefficient (Wildman–Crippen LogP) is 0.446. The van der Waals surface area contributed by atoms with Crippen LogP contribution in [0.4, 0.5) is 0 Å². The number of nitrogens with zero attached hydrogens (tertiary/aromatic N) is 4. The van der Waals surface area contributed by atoms with E-state index in [4.69, 9.17) is 9.47 Å². The van der Waals surface area contributed by atoms with E-state index in [2.05, 4.69) is 42.8 Å². The van der Waals surface area contributed by atoms with E-state index in [1.165, 1.54) is 0 Å². The van der Waals surface area contributed by atoms with Gasteiger partial charge in [-0.1, -0.05) is 42.1 Å².